The topological polar surface area (TPSA) is 74.7 Å². The van der Waals surface area contributed by atoms with Crippen molar-refractivity contribution in [2.75, 3.05) is 0 Å². The van der Waals surface area contributed by atoms with Gasteiger partial charge in [0.2, 0.25) is 0 Å². The maximum Gasteiger partial charge on any atom is 0.180 e. The van der Waals surface area contributed by atoms with Gasteiger partial charge in [0.05, 0.1) is 12.5 Å². The first-order valence-electron chi connectivity index (χ1n) is 4.69. The summed E-state index contributed by atoms with van der Waals surface area (Å²) in [7, 11) is 0. The number of rotatable bonds is 0. The van der Waals surface area contributed by atoms with Crippen LogP contribution in [0.2, 0.25) is 0 Å². The van der Waals surface area contributed by atoms with Gasteiger partial charge in [0, 0.05) is 0 Å². The molecule has 0 aliphatic heterocycles. The van der Waals surface area contributed by atoms with E-state index in [4.69, 9.17) is 5.11 Å². The van der Waals surface area contributed by atoms with E-state index >= 15 is 0 Å². The van der Waals surface area contributed by atoms with Gasteiger partial charge in [-0.25, -0.2) is 15.0 Å². The fourth-order valence-electron chi connectivity index (χ4n) is 1.12. The molecule has 0 spiro atoms. The first-order valence-corrected chi connectivity index (χ1v) is 4.69. The van der Waals surface area contributed by atoms with Crippen LogP contribution in [0.15, 0.2) is 49.2 Å². The molecule has 0 bridgehead atoms. The molecule has 5 heteroatoms. The number of hydrogen-bond acceptors (Lipinski definition) is 4. The molecule has 0 atom stereocenters. The molecule has 0 saturated carbocycles. The number of benzene rings is 1. The smallest absolute Gasteiger partial charge is 0.180 e. The summed E-state index contributed by atoms with van der Waals surface area (Å²) in [4.78, 5) is 14.5. The fraction of sp³-hybridized carbons (Fsp3) is 0. The lowest BCUT2D eigenvalue weighted by atomic mass is 10.3. The Bertz CT molecular complexity index is 520. The summed E-state index contributed by atoms with van der Waals surface area (Å²) in [5, 5.41) is 8.63. The van der Waals surface area contributed by atoms with Gasteiger partial charge >= 0.3 is 0 Å². The first kappa shape index (κ1) is 10.1. The minimum Gasteiger partial charge on any atom is -0.508 e. The number of aromatic hydroxyl groups is 1. The maximum atomic E-state index is 8.63. The van der Waals surface area contributed by atoms with Crippen molar-refractivity contribution in [2.45, 2.75) is 0 Å². The highest BCUT2D eigenvalue weighted by atomic mass is 16.3. The molecule has 0 aliphatic rings. The number of imidazole rings is 1. The van der Waals surface area contributed by atoms with Crippen molar-refractivity contribution in [3.05, 3.63) is 49.2 Å². The Hall–Kier alpha value is -2.43. The second-order valence-electron chi connectivity index (χ2n) is 3.00. The van der Waals surface area contributed by atoms with E-state index in [0.717, 1.165) is 5.52 Å². The minimum atomic E-state index is 0.322. The molecule has 2 aromatic heterocycles. The van der Waals surface area contributed by atoms with Crippen LogP contribution in [0.4, 0.5) is 0 Å². The van der Waals surface area contributed by atoms with Crippen LogP contribution in [0, 0.1) is 0 Å². The van der Waals surface area contributed by atoms with Crippen molar-refractivity contribution >= 4 is 11.2 Å². The third kappa shape index (κ3) is 2.54. The minimum absolute atomic E-state index is 0.322. The van der Waals surface area contributed by atoms with Gasteiger partial charge in [-0.15, -0.1) is 0 Å². The molecule has 0 amide bonds. The molecule has 0 unspecified atom stereocenters. The van der Waals surface area contributed by atoms with Gasteiger partial charge < -0.3 is 10.1 Å². The Morgan fingerprint density at radius 2 is 1.88 bits per heavy atom. The molecule has 1 aromatic carbocycles. The highest BCUT2D eigenvalue weighted by Gasteiger charge is 1.91. The summed E-state index contributed by atoms with van der Waals surface area (Å²) < 4.78 is 0. The van der Waals surface area contributed by atoms with Gasteiger partial charge in [0.15, 0.2) is 5.65 Å². The summed E-state index contributed by atoms with van der Waals surface area (Å²) in [6.07, 6.45) is 4.76. The molecule has 0 fully saturated rings. The predicted molar refractivity (Wildman–Crippen MR) is 59.8 cm³/mol. The lowest BCUT2D eigenvalue weighted by Gasteiger charge is -1.82. The SMILES string of the molecule is Oc1ccccc1.c1ncc2[nH]cnc2n1. The molecule has 0 aliphatic carbocycles. The number of para-hydroxylation sites is 1. The van der Waals surface area contributed by atoms with Crippen molar-refractivity contribution in [1.29, 1.82) is 0 Å². The number of nitrogens with one attached hydrogen (secondary N) is 1. The quantitative estimate of drug-likeness (QED) is 0.597. The van der Waals surface area contributed by atoms with Gasteiger partial charge in [-0.05, 0) is 12.1 Å². The van der Waals surface area contributed by atoms with Gasteiger partial charge in [-0.1, -0.05) is 18.2 Å². The zero-order chi connectivity index (χ0) is 11.2. The summed E-state index contributed by atoms with van der Waals surface area (Å²) in [5.74, 6) is 0.322. The van der Waals surface area contributed by atoms with Gasteiger partial charge in [-0.3, -0.25) is 0 Å². The number of nitrogens with zero attached hydrogens (tertiary/aromatic N) is 3. The Balaban J connectivity index is 0.000000125. The van der Waals surface area contributed by atoms with E-state index in [0.29, 0.717) is 11.4 Å². The van der Waals surface area contributed by atoms with Crippen LogP contribution < -0.4 is 0 Å². The average molecular weight is 214 g/mol. The second kappa shape index (κ2) is 4.88. The Labute approximate surface area is 91.8 Å². The van der Waals surface area contributed by atoms with Crippen LogP contribution in [0.25, 0.3) is 11.2 Å². The first-order chi connectivity index (χ1) is 7.86. The molecule has 3 aromatic rings. The van der Waals surface area contributed by atoms with E-state index in [9.17, 15) is 0 Å². The van der Waals surface area contributed by atoms with Crippen LogP contribution >= 0.6 is 0 Å². The van der Waals surface area contributed by atoms with Crippen LogP contribution in [0.1, 0.15) is 0 Å². The van der Waals surface area contributed by atoms with Crippen LogP contribution in [-0.2, 0) is 0 Å². The van der Waals surface area contributed by atoms with E-state index in [-0.39, 0.29) is 0 Å². The number of aromatic nitrogens is 4. The highest BCUT2D eigenvalue weighted by molar-refractivity contribution is 5.67. The normalized spacial score (nSPS) is 9.50. The number of fused-ring (bicyclic) bond motifs is 1. The summed E-state index contributed by atoms with van der Waals surface area (Å²) in [6.45, 7) is 0. The summed E-state index contributed by atoms with van der Waals surface area (Å²) in [6, 6.07) is 8.71. The van der Waals surface area contributed by atoms with Gasteiger partial charge in [0.1, 0.15) is 17.6 Å². The molecule has 5 nitrogen and oxygen atoms in total. The monoisotopic (exact) mass is 214 g/mol. The number of hydrogen-bond donors (Lipinski definition) is 2. The largest absolute Gasteiger partial charge is 0.508 e. The molecule has 0 saturated heterocycles. The Morgan fingerprint density at radius 1 is 1.06 bits per heavy atom. The number of phenols is 1. The fourth-order valence-corrected chi connectivity index (χ4v) is 1.12. The third-order valence-corrected chi connectivity index (χ3v) is 1.85. The van der Waals surface area contributed by atoms with Crippen LogP contribution in [0.5, 0.6) is 5.75 Å². The zero-order valence-corrected chi connectivity index (χ0v) is 8.41. The molecular formula is C11H10N4O. The predicted octanol–water partition coefficient (Wildman–Crippen LogP) is 1.75. The zero-order valence-electron chi connectivity index (χ0n) is 8.41. The summed E-state index contributed by atoms with van der Waals surface area (Å²) in [5.41, 5.74) is 1.59. The second-order valence-corrected chi connectivity index (χ2v) is 3.00. The molecule has 80 valence electrons. The van der Waals surface area contributed by atoms with E-state index in [1.165, 1.54) is 6.33 Å². The molecule has 2 N–H and O–H groups in total. The van der Waals surface area contributed by atoms with Crippen molar-refractivity contribution < 1.29 is 5.11 Å². The average Bonchev–Trinajstić information content (AvgIpc) is 2.79. The molecular weight excluding hydrogens is 204 g/mol. The number of phenolic OH excluding ortho intramolecular Hbond substituents is 1. The lowest BCUT2D eigenvalue weighted by molar-refractivity contribution is 0.475. The van der Waals surface area contributed by atoms with Gasteiger partial charge in [-0.2, -0.15) is 0 Å². The Morgan fingerprint density at radius 3 is 2.50 bits per heavy atom. The van der Waals surface area contributed by atoms with Gasteiger partial charge in [0.25, 0.3) is 0 Å². The van der Waals surface area contributed by atoms with Crippen molar-refractivity contribution in [2.24, 2.45) is 0 Å². The van der Waals surface area contributed by atoms with Crippen LogP contribution in [0.3, 0.4) is 0 Å². The van der Waals surface area contributed by atoms with Crippen molar-refractivity contribution in [3.63, 3.8) is 0 Å². The van der Waals surface area contributed by atoms with E-state index in [1.807, 2.05) is 6.07 Å². The van der Waals surface area contributed by atoms with E-state index < -0.39 is 0 Å². The van der Waals surface area contributed by atoms with Crippen LogP contribution in [-0.4, -0.2) is 25.0 Å². The maximum absolute atomic E-state index is 8.63. The van der Waals surface area contributed by atoms with E-state index in [1.54, 1.807) is 36.8 Å². The third-order valence-electron chi connectivity index (χ3n) is 1.85. The van der Waals surface area contributed by atoms with E-state index in [2.05, 4.69) is 19.9 Å². The van der Waals surface area contributed by atoms with Crippen molar-refractivity contribution in [3.8, 4) is 5.75 Å². The Kier molecular flexibility index (Phi) is 3.08. The summed E-state index contributed by atoms with van der Waals surface area (Å²) >= 11 is 0. The molecule has 16 heavy (non-hydrogen) atoms. The molecule has 3 rings (SSSR count). The van der Waals surface area contributed by atoms with Crippen molar-refractivity contribution in [1.82, 2.24) is 19.9 Å². The molecule has 2 heterocycles. The molecule has 0 radical (unpaired) electrons. The number of H-pyrrole nitrogens is 1. The standard InChI is InChI=1S/C6H6O.C5H4N4/c7-6-4-2-1-3-5-6;1-4-5(8-2-6-1)9-3-7-4/h1-5,7H;1-3H,(H,6,7,8,9). The highest BCUT2D eigenvalue weighted by Crippen LogP contribution is 2.02. The lowest BCUT2D eigenvalue weighted by Crippen LogP contribution is -1.76. The number of aromatic amines is 1.